The van der Waals surface area contributed by atoms with Crippen LogP contribution in [0.3, 0.4) is 0 Å². The number of rotatable bonds is 3. The largest absolute Gasteiger partial charge is 0.337 e. The Hall–Kier alpha value is -1.80. The predicted molar refractivity (Wildman–Crippen MR) is 87.9 cm³/mol. The number of amides is 1. The summed E-state index contributed by atoms with van der Waals surface area (Å²) in [7, 11) is 1.82. The van der Waals surface area contributed by atoms with Crippen LogP contribution in [0.2, 0.25) is 5.02 Å². The monoisotopic (exact) mass is 301 g/mol. The Labute approximate surface area is 131 Å². The van der Waals surface area contributed by atoms with Crippen molar-refractivity contribution in [2.45, 2.75) is 27.3 Å². The quantitative estimate of drug-likeness (QED) is 0.815. The fourth-order valence-electron chi connectivity index (χ4n) is 2.33. The van der Waals surface area contributed by atoms with E-state index >= 15 is 0 Å². The zero-order valence-corrected chi connectivity index (χ0v) is 13.7. The number of nitrogens with zero attached hydrogens (tertiary/aromatic N) is 1. The average Bonchev–Trinajstić information content (AvgIpc) is 2.44. The highest BCUT2D eigenvalue weighted by Crippen LogP contribution is 2.18. The summed E-state index contributed by atoms with van der Waals surface area (Å²) in [5.74, 6) is 0.0468. The van der Waals surface area contributed by atoms with E-state index in [1.165, 1.54) is 5.56 Å². The first kappa shape index (κ1) is 15.6. The van der Waals surface area contributed by atoms with Gasteiger partial charge < -0.3 is 4.90 Å². The predicted octanol–water partition coefficient (Wildman–Crippen LogP) is 4.54. The second kappa shape index (κ2) is 6.31. The molecule has 0 aromatic heterocycles. The van der Waals surface area contributed by atoms with Crippen molar-refractivity contribution in [2.24, 2.45) is 0 Å². The molecule has 2 aromatic rings. The van der Waals surface area contributed by atoms with Gasteiger partial charge in [-0.25, -0.2) is 0 Å². The van der Waals surface area contributed by atoms with Gasteiger partial charge in [0.15, 0.2) is 0 Å². The van der Waals surface area contributed by atoms with E-state index in [2.05, 4.69) is 13.0 Å². The van der Waals surface area contributed by atoms with Crippen molar-refractivity contribution in [1.29, 1.82) is 0 Å². The van der Waals surface area contributed by atoms with E-state index in [0.717, 1.165) is 22.3 Å². The van der Waals surface area contributed by atoms with Gasteiger partial charge in [-0.05, 0) is 61.2 Å². The molecular formula is C18H20ClNO. The molecule has 21 heavy (non-hydrogen) atoms. The molecule has 0 saturated carbocycles. The third-order valence-corrected chi connectivity index (χ3v) is 4.00. The van der Waals surface area contributed by atoms with E-state index in [4.69, 9.17) is 11.6 Å². The van der Waals surface area contributed by atoms with E-state index in [-0.39, 0.29) is 5.91 Å². The van der Waals surface area contributed by atoms with Gasteiger partial charge in [0.1, 0.15) is 0 Å². The van der Waals surface area contributed by atoms with Crippen LogP contribution < -0.4 is 0 Å². The van der Waals surface area contributed by atoms with Gasteiger partial charge in [0.25, 0.3) is 5.91 Å². The molecular weight excluding hydrogens is 282 g/mol. The van der Waals surface area contributed by atoms with Crippen LogP contribution in [0.5, 0.6) is 0 Å². The van der Waals surface area contributed by atoms with Crippen LogP contribution in [-0.2, 0) is 6.54 Å². The standard InChI is InChI=1S/C18H20ClNO/c1-12-9-14(3)17(10-13(12)2)18(21)20(4)11-15-5-7-16(19)8-6-15/h5-10H,11H2,1-4H3. The number of carbonyl (C=O) groups is 1. The first-order valence-corrected chi connectivity index (χ1v) is 7.34. The van der Waals surface area contributed by atoms with Gasteiger partial charge in [0.2, 0.25) is 0 Å². The van der Waals surface area contributed by atoms with Crippen LogP contribution in [0, 0.1) is 20.8 Å². The molecule has 0 radical (unpaired) electrons. The molecule has 110 valence electrons. The topological polar surface area (TPSA) is 20.3 Å². The maximum atomic E-state index is 12.6. The Morgan fingerprint density at radius 3 is 2.19 bits per heavy atom. The van der Waals surface area contributed by atoms with E-state index in [0.29, 0.717) is 11.6 Å². The lowest BCUT2D eigenvalue weighted by atomic mass is 10.00. The van der Waals surface area contributed by atoms with Gasteiger partial charge in [-0.3, -0.25) is 4.79 Å². The van der Waals surface area contributed by atoms with Crippen molar-refractivity contribution in [3.8, 4) is 0 Å². The van der Waals surface area contributed by atoms with Gasteiger partial charge in [-0.1, -0.05) is 29.8 Å². The molecule has 0 saturated heterocycles. The van der Waals surface area contributed by atoms with E-state index < -0.39 is 0 Å². The first-order chi connectivity index (χ1) is 9.88. The van der Waals surface area contributed by atoms with Crippen molar-refractivity contribution < 1.29 is 4.79 Å². The van der Waals surface area contributed by atoms with Crippen molar-refractivity contribution >= 4 is 17.5 Å². The molecule has 0 bridgehead atoms. The summed E-state index contributed by atoms with van der Waals surface area (Å²) in [6.07, 6.45) is 0. The molecule has 0 spiro atoms. The maximum Gasteiger partial charge on any atom is 0.254 e. The number of carbonyl (C=O) groups excluding carboxylic acids is 1. The third kappa shape index (κ3) is 3.64. The Morgan fingerprint density at radius 1 is 1.00 bits per heavy atom. The van der Waals surface area contributed by atoms with Gasteiger partial charge >= 0.3 is 0 Å². The Morgan fingerprint density at radius 2 is 1.57 bits per heavy atom. The Bertz CT molecular complexity index is 662. The SMILES string of the molecule is Cc1cc(C)c(C(=O)N(C)Cc2ccc(Cl)cc2)cc1C. The van der Waals surface area contributed by atoms with Crippen molar-refractivity contribution in [3.63, 3.8) is 0 Å². The maximum absolute atomic E-state index is 12.6. The number of benzene rings is 2. The third-order valence-electron chi connectivity index (χ3n) is 3.75. The summed E-state index contributed by atoms with van der Waals surface area (Å²) < 4.78 is 0. The summed E-state index contributed by atoms with van der Waals surface area (Å²) in [6, 6.07) is 11.6. The van der Waals surface area contributed by atoms with E-state index in [1.54, 1.807) is 4.90 Å². The molecule has 0 fully saturated rings. The molecule has 0 aliphatic carbocycles. The highest BCUT2D eigenvalue weighted by molar-refractivity contribution is 6.30. The number of hydrogen-bond donors (Lipinski definition) is 0. The smallest absolute Gasteiger partial charge is 0.254 e. The molecule has 0 heterocycles. The lowest BCUT2D eigenvalue weighted by Gasteiger charge is -2.19. The van der Waals surface area contributed by atoms with Crippen LogP contribution >= 0.6 is 11.6 Å². The molecule has 3 heteroatoms. The van der Waals surface area contributed by atoms with E-state index in [1.807, 2.05) is 51.2 Å². The zero-order valence-electron chi connectivity index (χ0n) is 12.9. The number of aryl methyl sites for hydroxylation is 3. The van der Waals surface area contributed by atoms with Gasteiger partial charge in [0, 0.05) is 24.2 Å². The molecule has 0 N–H and O–H groups in total. The van der Waals surface area contributed by atoms with Crippen LogP contribution in [0.1, 0.15) is 32.6 Å². The summed E-state index contributed by atoms with van der Waals surface area (Å²) in [5, 5.41) is 0.706. The molecule has 2 rings (SSSR count). The lowest BCUT2D eigenvalue weighted by Crippen LogP contribution is -2.27. The van der Waals surface area contributed by atoms with Gasteiger partial charge in [-0.2, -0.15) is 0 Å². The summed E-state index contributed by atoms with van der Waals surface area (Å²) in [5.41, 5.74) is 5.21. The lowest BCUT2D eigenvalue weighted by molar-refractivity contribution is 0.0784. The molecule has 2 aromatic carbocycles. The zero-order chi connectivity index (χ0) is 15.6. The average molecular weight is 302 g/mol. The van der Waals surface area contributed by atoms with Crippen LogP contribution in [0.25, 0.3) is 0 Å². The fourth-order valence-corrected chi connectivity index (χ4v) is 2.46. The second-order valence-electron chi connectivity index (χ2n) is 5.54. The number of hydrogen-bond acceptors (Lipinski definition) is 1. The highest BCUT2D eigenvalue weighted by atomic mass is 35.5. The summed E-state index contributed by atoms with van der Waals surface area (Å²) in [6.45, 7) is 6.65. The molecule has 0 aliphatic rings. The van der Waals surface area contributed by atoms with E-state index in [9.17, 15) is 4.79 Å². The molecule has 0 unspecified atom stereocenters. The first-order valence-electron chi connectivity index (χ1n) is 6.96. The number of halogens is 1. The summed E-state index contributed by atoms with van der Waals surface area (Å²) in [4.78, 5) is 14.3. The van der Waals surface area contributed by atoms with Gasteiger partial charge in [-0.15, -0.1) is 0 Å². The van der Waals surface area contributed by atoms with Crippen molar-refractivity contribution in [3.05, 3.63) is 69.2 Å². The van der Waals surface area contributed by atoms with Crippen molar-refractivity contribution in [1.82, 2.24) is 4.90 Å². The minimum Gasteiger partial charge on any atom is -0.337 e. The van der Waals surface area contributed by atoms with Gasteiger partial charge in [0.05, 0.1) is 0 Å². The van der Waals surface area contributed by atoms with Crippen LogP contribution in [0.15, 0.2) is 36.4 Å². The minimum atomic E-state index is 0.0468. The van der Waals surface area contributed by atoms with Crippen LogP contribution in [-0.4, -0.2) is 17.9 Å². The molecule has 1 amide bonds. The second-order valence-corrected chi connectivity index (χ2v) is 5.98. The Kier molecular flexibility index (Phi) is 4.69. The fraction of sp³-hybridized carbons (Fsp3) is 0.278. The normalized spacial score (nSPS) is 10.5. The minimum absolute atomic E-state index is 0.0468. The highest BCUT2D eigenvalue weighted by Gasteiger charge is 2.15. The molecule has 2 nitrogen and oxygen atoms in total. The Balaban J connectivity index is 2.19. The van der Waals surface area contributed by atoms with Crippen molar-refractivity contribution in [2.75, 3.05) is 7.05 Å². The molecule has 0 atom stereocenters. The molecule has 0 aliphatic heterocycles. The van der Waals surface area contributed by atoms with Crippen LogP contribution in [0.4, 0.5) is 0 Å². The summed E-state index contributed by atoms with van der Waals surface area (Å²) >= 11 is 5.88.